The number of para-hydroxylation sites is 1. The van der Waals surface area contributed by atoms with Gasteiger partial charge < -0.3 is 10.3 Å². The number of amides is 1. The highest BCUT2D eigenvalue weighted by atomic mass is 32.2. The minimum Gasteiger partial charge on any atom is -0.325 e. The average molecular weight is 378 g/mol. The molecule has 1 atom stereocenters. The van der Waals surface area contributed by atoms with E-state index in [1.54, 1.807) is 18.7 Å². The van der Waals surface area contributed by atoms with Gasteiger partial charge in [0.05, 0.1) is 10.9 Å². The van der Waals surface area contributed by atoms with Gasteiger partial charge in [-0.2, -0.15) is 11.8 Å². The number of nitrogens with one attached hydrogen (secondary N) is 2. The van der Waals surface area contributed by atoms with Crippen LogP contribution in [0.5, 0.6) is 0 Å². The molecule has 2 aromatic rings. The maximum Gasteiger partial charge on any atom is 0.251 e. The first-order chi connectivity index (χ1) is 11.9. The zero-order valence-corrected chi connectivity index (χ0v) is 16.5. The highest BCUT2D eigenvalue weighted by molar-refractivity contribution is 8.00. The van der Waals surface area contributed by atoms with E-state index >= 15 is 0 Å². The smallest absolute Gasteiger partial charge is 0.251 e. The summed E-state index contributed by atoms with van der Waals surface area (Å²) in [6, 6.07) is 7.41. The van der Waals surface area contributed by atoms with Gasteiger partial charge in [-0.25, -0.2) is 4.98 Å². The van der Waals surface area contributed by atoms with Crippen LogP contribution in [0, 0.1) is 13.8 Å². The minimum atomic E-state index is -0.378. The third kappa shape index (κ3) is 5.64. The molecule has 0 spiro atoms. The molecule has 0 bridgehead atoms. The van der Waals surface area contributed by atoms with Crippen molar-refractivity contribution < 1.29 is 4.79 Å². The Balaban J connectivity index is 2.08. The lowest BCUT2D eigenvalue weighted by Gasteiger charge is -2.15. The molecule has 0 fully saturated rings. The second-order valence-corrected chi connectivity index (χ2v) is 8.30. The number of H-pyrrole nitrogens is 1. The molecule has 1 aromatic carbocycles. The van der Waals surface area contributed by atoms with Gasteiger partial charge in [-0.3, -0.25) is 9.59 Å². The van der Waals surface area contributed by atoms with Gasteiger partial charge in [0.15, 0.2) is 5.16 Å². The number of carbonyl (C=O) groups excluding carboxylic acids is 1. The van der Waals surface area contributed by atoms with Crippen LogP contribution in [0.4, 0.5) is 5.69 Å². The maximum absolute atomic E-state index is 12.5. The van der Waals surface area contributed by atoms with E-state index in [4.69, 9.17) is 0 Å². The fourth-order valence-electron chi connectivity index (χ4n) is 2.28. The first kappa shape index (κ1) is 19.6. The molecule has 134 valence electrons. The topological polar surface area (TPSA) is 74.8 Å². The van der Waals surface area contributed by atoms with Crippen molar-refractivity contribution in [3.8, 4) is 0 Å². The van der Waals surface area contributed by atoms with Gasteiger partial charge in [-0.05, 0) is 37.7 Å². The molecule has 1 aromatic heterocycles. The van der Waals surface area contributed by atoms with Crippen molar-refractivity contribution in [2.24, 2.45) is 0 Å². The van der Waals surface area contributed by atoms with E-state index < -0.39 is 0 Å². The number of hydrogen-bond acceptors (Lipinski definition) is 5. The molecule has 7 heteroatoms. The highest BCUT2D eigenvalue weighted by Gasteiger charge is 2.18. The van der Waals surface area contributed by atoms with Gasteiger partial charge >= 0.3 is 0 Å². The monoisotopic (exact) mass is 377 g/mol. The van der Waals surface area contributed by atoms with Crippen molar-refractivity contribution in [1.82, 2.24) is 9.97 Å². The van der Waals surface area contributed by atoms with E-state index in [0.717, 1.165) is 28.3 Å². The van der Waals surface area contributed by atoms with Crippen molar-refractivity contribution in [2.45, 2.75) is 43.9 Å². The number of aromatic amines is 1. The van der Waals surface area contributed by atoms with Crippen LogP contribution in [0.1, 0.15) is 30.7 Å². The van der Waals surface area contributed by atoms with E-state index in [1.165, 1.54) is 17.8 Å². The molecule has 2 rings (SSSR count). The summed E-state index contributed by atoms with van der Waals surface area (Å²) in [5.74, 6) is 1.54. The molecular weight excluding hydrogens is 354 g/mol. The number of hydrogen-bond donors (Lipinski definition) is 2. The van der Waals surface area contributed by atoms with Gasteiger partial charge in [0.2, 0.25) is 5.91 Å². The van der Waals surface area contributed by atoms with Gasteiger partial charge in [0, 0.05) is 17.5 Å². The molecule has 1 unspecified atom stereocenters. The van der Waals surface area contributed by atoms with Crippen molar-refractivity contribution in [3.05, 3.63) is 51.4 Å². The molecule has 0 aliphatic rings. The van der Waals surface area contributed by atoms with Crippen molar-refractivity contribution in [1.29, 1.82) is 0 Å². The highest BCUT2D eigenvalue weighted by Crippen LogP contribution is 2.24. The van der Waals surface area contributed by atoms with Crippen LogP contribution >= 0.6 is 23.5 Å². The number of carbonyl (C=O) groups is 1. The lowest BCUT2D eigenvalue weighted by molar-refractivity contribution is -0.115. The van der Waals surface area contributed by atoms with E-state index in [9.17, 15) is 9.59 Å². The summed E-state index contributed by atoms with van der Waals surface area (Å²) in [6.45, 7) is 7.80. The van der Waals surface area contributed by atoms with E-state index in [1.807, 2.05) is 32.0 Å². The van der Waals surface area contributed by atoms with Gasteiger partial charge in [0.1, 0.15) is 0 Å². The van der Waals surface area contributed by atoms with Gasteiger partial charge in [0.25, 0.3) is 5.56 Å². The predicted molar refractivity (Wildman–Crippen MR) is 107 cm³/mol. The average Bonchev–Trinajstić information content (AvgIpc) is 2.55. The first-order valence-electron chi connectivity index (χ1n) is 8.12. The summed E-state index contributed by atoms with van der Waals surface area (Å²) in [6.07, 6.45) is 0. The van der Waals surface area contributed by atoms with E-state index in [-0.39, 0.29) is 16.7 Å². The summed E-state index contributed by atoms with van der Waals surface area (Å²) < 4.78 is 0. The Labute approximate surface area is 156 Å². The second-order valence-electron chi connectivity index (χ2n) is 5.70. The van der Waals surface area contributed by atoms with Crippen LogP contribution in [-0.4, -0.2) is 26.9 Å². The number of aromatic nitrogens is 2. The fraction of sp³-hybridized carbons (Fsp3) is 0.389. The standard InChI is InChI=1S/C18H23N3O2S2/c1-5-24-10-14-9-15(22)20-18(19-14)25-13(4)17(23)21-16-11(2)7-6-8-12(16)3/h6-9,13H,5,10H2,1-4H3,(H,21,23)(H,19,20,22). The summed E-state index contributed by atoms with van der Waals surface area (Å²) in [4.78, 5) is 31.4. The molecule has 0 radical (unpaired) electrons. The molecule has 0 saturated carbocycles. The number of anilines is 1. The summed E-state index contributed by atoms with van der Waals surface area (Å²) in [7, 11) is 0. The number of nitrogens with zero attached hydrogens (tertiary/aromatic N) is 1. The Hall–Kier alpha value is -1.73. The second kappa shape index (κ2) is 9.10. The Morgan fingerprint density at radius 1 is 1.32 bits per heavy atom. The molecule has 0 saturated heterocycles. The molecule has 1 heterocycles. The summed E-state index contributed by atoms with van der Waals surface area (Å²) in [5, 5.41) is 3.08. The Morgan fingerprint density at radius 2 is 2.00 bits per heavy atom. The normalized spacial score (nSPS) is 12.0. The molecule has 2 N–H and O–H groups in total. The lowest BCUT2D eigenvalue weighted by Crippen LogP contribution is -2.24. The molecule has 25 heavy (non-hydrogen) atoms. The van der Waals surface area contributed by atoms with Crippen molar-refractivity contribution in [2.75, 3.05) is 11.1 Å². The van der Waals surface area contributed by atoms with E-state index in [0.29, 0.717) is 10.9 Å². The molecule has 0 aliphatic carbocycles. The number of benzene rings is 1. The zero-order valence-electron chi connectivity index (χ0n) is 14.9. The van der Waals surface area contributed by atoms with Crippen molar-refractivity contribution >= 4 is 35.1 Å². The minimum absolute atomic E-state index is 0.113. The number of thioether (sulfide) groups is 2. The number of aryl methyl sites for hydroxylation is 2. The largest absolute Gasteiger partial charge is 0.325 e. The Kier molecular flexibility index (Phi) is 7.13. The summed E-state index contributed by atoms with van der Waals surface area (Å²) >= 11 is 2.96. The zero-order chi connectivity index (χ0) is 18.4. The van der Waals surface area contributed by atoms with Crippen LogP contribution in [0.15, 0.2) is 34.2 Å². The fourth-order valence-corrected chi connectivity index (χ4v) is 3.67. The van der Waals surface area contributed by atoms with E-state index in [2.05, 4.69) is 22.2 Å². The number of rotatable bonds is 7. The predicted octanol–water partition coefficient (Wildman–Crippen LogP) is 3.76. The van der Waals surface area contributed by atoms with Gasteiger partial charge in [-0.15, -0.1) is 0 Å². The third-order valence-corrected chi connectivity index (χ3v) is 5.51. The van der Waals surface area contributed by atoms with Crippen LogP contribution in [-0.2, 0) is 10.5 Å². The van der Waals surface area contributed by atoms with Crippen LogP contribution in [0.3, 0.4) is 0 Å². The van der Waals surface area contributed by atoms with Crippen LogP contribution in [0.2, 0.25) is 0 Å². The maximum atomic E-state index is 12.5. The Morgan fingerprint density at radius 3 is 2.64 bits per heavy atom. The van der Waals surface area contributed by atoms with Gasteiger partial charge in [-0.1, -0.05) is 36.9 Å². The third-order valence-electron chi connectivity index (χ3n) is 3.61. The molecule has 0 aliphatic heterocycles. The molecular formula is C18H23N3O2S2. The van der Waals surface area contributed by atoms with Crippen molar-refractivity contribution in [3.63, 3.8) is 0 Å². The van der Waals surface area contributed by atoms with Crippen LogP contribution in [0.25, 0.3) is 0 Å². The van der Waals surface area contributed by atoms with Crippen LogP contribution < -0.4 is 10.9 Å². The molecule has 5 nitrogen and oxygen atoms in total. The SMILES string of the molecule is CCSCc1cc(=O)[nH]c(SC(C)C(=O)Nc2c(C)cccc2C)n1. The Bertz CT molecular complexity index is 785. The lowest BCUT2D eigenvalue weighted by atomic mass is 10.1. The first-order valence-corrected chi connectivity index (χ1v) is 10.2. The molecule has 1 amide bonds. The summed E-state index contributed by atoms with van der Waals surface area (Å²) in [5.41, 5.74) is 3.44. The quantitative estimate of drug-likeness (QED) is 0.568.